The molecule has 0 aliphatic heterocycles. The molecule has 0 amide bonds. The molecule has 2 unspecified atom stereocenters. The monoisotopic (exact) mass is 423 g/mol. The predicted octanol–water partition coefficient (Wildman–Crippen LogP) is 5.99. The molecule has 1 N–H and O–H groups in total. The molecule has 1 aliphatic carbocycles. The summed E-state index contributed by atoms with van der Waals surface area (Å²) in [7, 11) is 3.80. The van der Waals surface area contributed by atoms with Gasteiger partial charge in [0, 0.05) is 12.5 Å². The molecule has 1 saturated carbocycles. The highest BCUT2D eigenvalue weighted by Crippen LogP contribution is 2.48. The van der Waals surface area contributed by atoms with Gasteiger partial charge < -0.3 is 10.0 Å². The van der Waals surface area contributed by atoms with Gasteiger partial charge in [0.05, 0.1) is 10.6 Å². The van der Waals surface area contributed by atoms with E-state index >= 15 is 0 Å². The van der Waals surface area contributed by atoms with Gasteiger partial charge in [-0.2, -0.15) is 13.2 Å². The van der Waals surface area contributed by atoms with Crippen molar-refractivity contribution in [2.45, 2.75) is 31.0 Å². The highest BCUT2D eigenvalue weighted by molar-refractivity contribution is 6.31. The summed E-state index contributed by atoms with van der Waals surface area (Å²) in [5.41, 5.74) is -0.530. The fraction of sp³-hybridized carbons (Fsp3) is 0.391. The van der Waals surface area contributed by atoms with Crippen LogP contribution in [-0.4, -0.2) is 30.6 Å². The van der Waals surface area contributed by atoms with Crippen molar-refractivity contribution in [2.75, 3.05) is 20.6 Å². The summed E-state index contributed by atoms with van der Waals surface area (Å²) in [5.74, 6) is -0.233. The van der Waals surface area contributed by atoms with Crippen LogP contribution in [0.4, 0.5) is 13.2 Å². The molecule has 0 bridgehead atoms. The van der Waals surface area contributed by atoms with Crippen molar-refractivity contribution in [3.05, 3.63) is 75.8 Å². The Kier molecular flexibility index (Phi) is 6.42. The van der Waals surface area contributed by atoms with Crippen molar-refractivity contribution < 1.29 is 18.3 Å². The molecule has 0 aromatic heterocycles. The third-order valence-corrected chi connectivity index (χ3v) is 5.85. The smallest absolute Gasteiger partial charge is 0.380 e. The van der Waals surface area contributed by atoms with E-state index in [1.165, 1.54) is 12.1 Å². The Hall–Kier alpha value is -1.82. The van der Waals surface area contributed by atoms with Crippen LogP contribution in [0.25, 0.3) is 6.08 Å². The average Bonchev–Trinajstić information content (AvgIpc) is 2.65. The number of alkyl halides is 3. The lowest BCUT2D eigenvalue weighted by molar-refractivity contribution is -0.137. The number of halogens is 4. The van der Waals surface area contributed by atoms with Gasteiger partial charge in [0.15, 0.2) is 0 Å². The second kappa shape index (κ2) is 8.50. The van der Waals surface area contributed by atoms with Crippen LogP contribution in [-0.2, 0) is 11.8 Å². The van der Waals surface area contributed by atoms with Crippen LogP contribution in [0.1, 0.15) is 36.0 Å². The van der Waals surface area contributed by atoms with Crippen molar-refractivity contribution >= 4 is 17.7 Å². The third-order valence-electron chi connectivity index (χ3n) is 5.52. The summed E-state index contributed by atoms with van der Waals surface area (Å²) < 4.78 is 40.4. The zero-order valence-corrected chi connectivity index (χ0v) is 17.3. The zero-order chi connectivity index (χ0) is 21.2. The Balaban J connectivity index is 2.17. The van der Waals surface area contributed by atoms with Crippen LogP contribution in [0.15, 0.2) is 54.1 Å². The van der Waals surface area contributed by atoms with E-state index in [4.69, 9.17) is 11.6 Å². The van der Waals surface area contributed by atoms with Gasteiger partial charge in [-0.25, -0.2) is 0 Å². The number of aliphatic hydroxyl groups is 1. The molecule has 6 heteroatoms. The molecule has 156 valence electrons. The van der Waals surface area contributed by atoms with Gasteiger partial charge >= 0.3 is 6.18 Å². The van der Waals surface area contributed by atoms with Crippen molar-refractivity contribution in [3.63, 3.8) is 0 Å². The lowest BCUT2D eigenvalue weighted by atomic mass is 9.67. The van der Waals surface area contributed by atoms with Gasteiger partial charge in [-0.05, 0) is 62.2 Å². The largest absolute Gasteiger partial charge is 0.417 e. The van der Waals surface area contributed by atoms with E-state index in [1.54, 1.807) is 0 Å². The highest BCUT2D eigenvalue weighted by atomic mass is 35.5. The van der Waals surface area contributed by atoms with Gasteiger partial charge in [-0.15, -0.1) is 0 Å². The Morgan fingerprint density at radius 3 is 2.48 bits per heavy atom. The highest BCUT2D eigenvalue weighted by Gasteiger charge is 2.45. The summed E-state index contributed by atoms with van der Waals surface area (Å²) in [6.45, 7) is 0.562. The Morgan fingerprint density at radius 1 is 1.17 bits per heavy atom. The Bertz CT molecular complexity index is 879. The molecule has 1 fully saturated rings. The minimum Gasteiger partial charge on any atom is -0.380 e. The number of benzene rings is 2. The van der Waals surface area contributed by atoms with Crippen LogP contribution < -0.4 is 0 Å². The summed E-state index contributed by atoms with van der Waals surface area (Å²) in [4.78, 5) is 1.96. The van der Waals surface area contributed by atoms with E-state index in [1.807, 2.05) is 55.4 Å². The van der Waals surface area contributed by atoms with Crippen molar-refractivity contribution in [1.29, 1.82) is 0 Å². The molecule has 0 spiro atoms. The maximum atomic E-state index is 13.5. The van der Waals surface area contributed by atoms with Crippen LogP contribution in [0.3, 0.4) is 0 Å². The van der Waals surface area contributed by atoms with Crippen LogP contribution in [0.5, 0.6) is 0 Å². The van der Waals surface area contributed by atoms with E-state index in [0.717, 1.165) is 30.0 Å². The van der Waals surface area contributed by atoms with Crippen LogP contribution >= 0.6 is 11.6 Å². The standard InChI is InChI=1S/C23H25ClF3NO/c1-28(2)15-19-10-6-9-17(13-16-7-4-3-5-8-16)22(19,29)18-11-12-21(24)20(14-18)23(25,26)27/h3-5,7-8,11-14,19,29H,6,9-10,15H2,1-2H3/b17-13-. The predicted molar refractivity (Wildman–Crippen MR) is 111 cm³/mol. The fourth-order valence-electron chi connectivity index (χ4n) is 4.20. The first-order valence-electron chi connectivity index (χ1n) is 9.62. The molecule has 29 heavy (non-hydrogen) atoms. The molecule has 2 aromatic carbocycles. The summed E-state index contributed by atoms with van der Waals surface area (Å²) in [6.07, 6.45) is -0.453. The number of nitrogens with zero attached hydrogens (tertiary/aromatic N) is 1. The van der Waals surface area contributed by atoms with E-state index in [9.17, 15) is 18.3 Å². The second-order valence-electron chi connectivity index (χ2n) is 7.89. The van der Waals surface area contributed by atoms with Crippen LogP contribution in [0, 0.1) is 5.92 Å². The quantitative estimate of drug-likeness (QED) is 0.652. The van der Waals surface area contributed by atoms with Gasteiger partial charge in [0.25, 0.3) is 0 Å². The molecule has 2 nitrogen and oxygen atoms in total. The first kappa shape index (κ1) is 21.9. The van der Waals surface area contributed by atoms with E-state index in [-0.39, 0.29) is 16.5 Å². The van der Waals surface area contributed by atoms with E-state index in [0.29, 0.717) is 13.0 Å². The first-order chi connectivity index (χ1) is 13.6. The van der Waals surface area contributed by atoms with Crippen molar-refractivity contribution in [1.82, 2.24) is 4.90 Å². The number of hydrogen-bond donors (Lipinski definition) is 1. The molecule has 2 aromatic rings. The molecule has 1 aliphatic rings. The normalized spacial score (nSPS) is 24.3. The maximum absolute atomic E-state index is 13.5. The molecular formula is C23H25ClF3NO. The number of hydrogen-bond acceptors (Lipinski definition) is 2. The zero-order valence-electron chi connectivity index (χ0n) is 16.5. The fourth-order valence-corrected chi connectivity index (χ4v) is 4.42. The Morgan fingerprint density at radius 2 is 1.86 bits per heavy atom. The Labute approximate surface area is 174 Å². The van der Waals surface area contributed by atoms with Gasteiger partial charge in [-0.1, -0.05) is 54.1 Å². The van der Waals surface area contributed by atoms with Crippen LogP contribution in [0.2, 0.25) is 5.02 Å². The summed E-state index contributed by atoms with van der Waals surface area (Å²) in [6, 6.07) is 13.3. The molecule has 2 atom stereocenters. The maximum Gasteiger partial charge on any atom is 0.417 e. The topological polar surface area (TPSA) is 23.5 Å². The minimum atomic E-state index is -4.58. The first-order valence-corrected chi connectivity index (χ1v) is 10.0. The summed E-state index contributed by atoms with van der Waals surface area (Å²) in [5, 5.41) is 11.6. The molecule has 0 saturated heterocycles. The van der Waals surface area contributed by atoms with E-state index < -0.39 is 17.3 Å². The molecular weight excluding hydrogens is 399 g/mol. The minimum absolute atomic E-state index is 0.233. The SMILES string of the molecule is CN(C)CC1CCC/C(=C/c2ccccc2)C1(O)c1ccc(Cl)c(C(F)(F)F)c1. The second-order valence-corrected chi connectivity index (χ2v) is 8.30. The molecule has 3 rings (SSSR count). The van der Waals surface area contributed by atoms with Gasteiger partial charge in [-0.3, -0.25) is 0 Å². The molecule has 0 radical (unpaired) electrons. The lowest BCUT2D eigenvalue weighted by Crippen LogP contribution is -2.44. The summed E-state index contributed by atoms with van der Waals surface area (Å²) >= 11 is 5.83. The molecule has 0 heterocycles. The van der Waals surface area contributed by atoms with Crippen molar-refractivity contribution in [3.8, 4) is 0 Å². The van der Waals surface area contributed by atoms with Gasteiger partial charge in [0.1, 0.15) is 5.60 Å². The van der Waals surface area contributed by atoms with Gasteiger partial charge in [0.2, 0.25) is 0 Å². The average molecular weight is 424 g/mol. The van der Waals surface area contributed by atoms with Crippen molar-refractivity contribution in [2.24, 2.45) is 5.92 Å². The van der Waals surface area contributed by atoms with E-state index in [2.05, 4.69) is 0 Å². The number of rotatable bonds is 4. The lowest BCUT2D eigenvalue weighted by Gasteiger charge is -2.44. The third kappa shape index (κ3) is 4.68.